The second-order valence-corrected chi connectivity index (χ2v) is 8.94. The van der Waals surface area contributed by atoms with Crippen molar-refractivity contribution in [2.45, 2.75) is 30.9 Å². The Labute approximate surface area is 179 Å². The van der Waals surface area contributed by atoms with E-state index in [1.54, 1.807) is 0 Å². The highest BCUT2D eigenvalue weighted by molar-refractivity contribution is 14.1. The molecular formula is C22H25IN2O3. The Bertz CT molecular complexity index is 832. The molecule has 4 rings (SSSR count). The van der Waals surface area contributed by atoms with Gasteiger partial charge in [-0.25, -0.2) is 0 Å². The van der Waals surface area contributed by atoms with E-state index in [1.165, 1.54) is 0 Å². The lowest BCUT2D eigenvalue weighted by Gasteiger charge is -2.46. The van der Waals surface area contributed by atoms with E-state index in [-0.39, 0.29) is 24.2 Å². The summed E-state index contributed by atoms with van der Waals surface area (Å²) in [6, 6.07) is 15.7. The highest BCUT2D eigenvalue weighted by Crippen LogP contribution is 2.44. The maximum atomic E-state index is 12.6. The number of hydrogen-bond donors (Lipinski definition) is 1. The molecule has 1 spiro atoms. The van der Waals surface area contributed by atoms with Gasteiger partial charge in [0.2, 0.25) is 0 Å². The fraction of sp³-hybridized carbons (Fsp3) is 0.409. The van der Waals surface area contributed by atoms with Gasteiger partial charge in [0, 0.05) is 28.6 Å². The van der Waals surface area contributed by atoms with Gasteiger partial charge in [-0.05, 0) is 72.8 Å². The Hall–Kier alpha value is -1.80. The summed E-state index contributed by atoms with van der Waals surface area (Å²) in [4.78, 5) is 14.9. The number of rotatable bonds is 4. The molecule has 0 saturated carbocycles. The number of likely N-dealkylation sites (tertiary alicyclic amines) is 1. The van der Waals surface area contributed by atoms with Crippen molar-refractivity contribution >= 4 is 28.5 Å². The van der Waals surface area contributed by atoms with Crippen LogP contribution in [0.5, 0.6) is 11.5 Å². The average molecular weight is 492 g/mol. The number of nitrogens with one attached hydrogen (secondary N) is 1. The maximum Gasteiger partial charge on any atom is 0.258 e. The van der Waals surface area contributed by atoms with Crippen LogP contribution in [0.2, 0.25) is 0 Å². The molecule has 1 saturated heterocycles. The molecule has 0 bridgehead atoms. The number of hydrogen-bond acceptors (Lipinski definition) is 4. The van der Waals surface area contributed by atoms with E-state index in [2.05, 4.69) is 39.9 Å². The van der Waals surface area contributed by atoms with Gasteiger partial charge >= 0.3 is 0 Å². The largest absolute Gasteiger partial charge is 0.487 e. The van der Waals surface area contributed by atoms with Crippen molar-refractivity contribution in [3.8, 4) is 11.5 Å². The molecule has 2 aromatic rings. The zero-order valence-corrected chi connectivity index (χ0v) is 18.1. The van der Waals surface area contributed by atoms with Gasteiger partial charge in [-0.3, -0.25) is 4.79 Å². The van der Waals surface area contributed by atoms with Gasteiger partial charge in [-0.15, -0.1) is 0 Å². The first-order valence-electron chi connectivity index (χ1n) is 9.67. The predicted molar refractivity (Wildman–Crippen MR) is 117 cm³/mol. The molecule has 148 valence electrons. The van der Waals surface area contributed by atoms with Crippen molar-refractivity contribution in [2.24, 2.45) is 0 Å². The van der Waals surface area contributed by atoms with Gasteiger partial charge in [0.05, 0.1) is 6.04 Å². The number of carbonyl (C=O) groups excluding carboxylic acids is 1. The van der Waals surface area contributed by atoms with Gasteiger partial charge in [0.1, 0.15) is 17.1 Å². The first kappa shape index (κ1) is 19.5. The number of para-hydroxylation sites is 1. The van der Waals surface area contributed by atoms with Crippen molar-refractivity contribution < 1.29 is 14.3 Å². The highest BCUT2D eigenvalue weighted by Gasteiger charge is 2.43. The minimum Gasteiger partial charge on any atom is -0.487 e. The third kappa shape index (κ3) is 4.43. The molecule has 0 aromatic heterocycles. The van der Waals surface area contributed by atoms with Crippen molar-refractivity contribution in [1.29, 1.82) is 0 Å². The van der Waals surface area contributed by atoms with E-state index in [1.807, 2.05) is 48.5 Å². The van der Waals surface area contributed by atoms with E-state index in [9.17, 15) is 4.79 Å². The Morgan fingerprint density at radius 1 is 1.21 bits per heavy atom. The number of amides is 1. The summed E-state index contributed by atoms with van der Waals surface area (Å²) < 4.78 is 13.2. The monoisotopic (exact) mass is 492 g/mol. The first-order valence-corrected chi connectivity index (χ1v) is 10.8. The molecule has 1 unspecified atom stereocenters. The molecular weight excluding hydrogens is 467 g/mol. The Morgan fingerprint density at radius 3 is 2.68 bits per heavy atom. The van der Waals surface area contributed by atoms with Crippen molar-refractivity contribution in [3.63, 3.8) is 0 Å². The van der Waals surface area contributed by atoms with E-state index < -0.39 is 0 Å². The number of ether oxygens (including phenoxy) is 2. The summed E-state index contributed by atoms with van der Waals surface area (Å²) in [5, 5.41) is 3.18. The van der Waals surface area contributed by atoms with Gasteiger partial charge in [-0.1, -0.05) is 18.2 Å². The van der Waals surface area contributed by atoms with Crippen molar-refractivity contribution in [3.05, 3.63) is 57.7 Å². The summed E-state index contributed by atoms with van der Waals surface area (Å²) in [6.45, 7) is 2.04. The summed E-state index contributed by atoms with van der Waals surface area (Å²) >= 11 is 2.24. The van der Waals surface area contributed by atoms with Gasteiger partial charge in [0.25, 0.3) is 5.91 Å². The Balaban J connectivity index is 1.44. The lowest BCUT2D eigenvalue weighted by atomic mass is 9.80. The number of nitrogens with zero attached hydrogens (tertiary/aromatic N) is 1. The predicted octanol–water partition coefficient (Wildman–Crippen LogP) is 3.77. The van der Waals surface area contributed by atoms with Gasteiger partial charge < -0.3 is 19.7 Å². The Kier molecular flexibility index (Phi) is 5.78. The van der Waals surface area contributed by atoms with Crippen LogP contribution >= 0.6 is 22.6 Å². The third-order valence-corrected chi connectivity index (χ3v) is 6.33. The number of benzene rings is 2. The summed E-state index contributed by atoms with van der Waals surface area (Å²) in [7, 11) is 2.14. The third-order valence-electron chi connectivity index (χ3n) is 5.61. The van der Waals surface area contributed by atoms with Crippen LogP contribution in [0.15, 0.2) is 48.5 Å². The van der Waals surface area contributed by atoms with Gasteiger partial charge in [0.15, 0.2) is 6.61 Å². The molecule has 2 aliphatic rings. The smallest absolute Gasteiger partial charge is 0.258 e. The van der Waals surface area contributed by atoms with E-state index in [4.69, 9.17) is 9.47 Å². The molecule has 2 heterocycles. The van der Waals surface area contributed by atoms with Crippen LogP contribution in [0.4, 0.5) is 0 Å². The SMILES string of the molecule is CN1CCC2(CC1)CC(NC(=O)COc1ccc(I)cc1)c1ccccc1O2. The standard InChI is InChI=1S/C22H25IN2O3/c1-25-12-10-22(11-13-25)14-19(18-4-2-3-5-20(18)28-22)24-21(26)15-27-17-8-6-16(23)7-9-17/h2-9,19H,10-15H2,1H3,(H,24,26). The second kappa shape index (κ2) is 8.29. The van der Waals surface area contributed by atoms with Crippen molar-refractivity contribution in [1.82, 2.24) is 10.2 Å². The first-order chi connectivity index (χ1) is 13.5. The molecule has 2 aliphatic heterocycles. The van der Waals surface area contributed by atoms with Crippen LogP contribution in [0.25, 0.3) is 0 Å². The van der Waals surface area contributed by atoms with Crippen molar-refractivity contribution in [2.75, 3.05) is 26.7 Å². The molecule has 1 fully saturated rings. The van der Waals surface area contributed by atoms with E-state index in [0.29, 0.717) is 5.75 Å². The quantitative estimate of drug-likeness (QED) is 0.661. The van der Waals surface area contributed by atoms with E-state index >= 15 is 0 Å². The molecule has 1 amide bonds. The molecule has 6 heteroatoms. The van der Waals surface area contributed by atoms with Gasteiger partial charge in [-0.2, -0.15) is 0 Å². The second-order valence-electron chi connectivity index (χ2n) is 7.69. The minimum absolute atomic E-state index is 0.00978. The normalized spacial score (nSPS) is 20.9. The molecule has 0 radical (unpaired) electrons. The topological polar surface area (TPSA) is 50.8 Å². The maximum absolute atomic E-state index is 12.6. The number of piperidine rings is 1. The Morgan fingerprint density at radius 2 is 1.93 bits per heavy atom. The molecule has 5 nitrogen and oxygen atoms in total. The van der Waals surface area contributed by atoms with Crippen LogP contribution in [0.1, 0.15) is 30.9 Å². The lowest BCUT2D eigenvalue weighted by Crippen LogP contribution is -2.51. The van der Waals surface area contributed by atoms with Crippen LogP contribution in [-0.4, -0.2) is 43.2 Å². The number of halogens is 1. The zero-order chi connectivity index (χ0) is 19.6. The molecule has 0 aliphatic carbocycles. The van der Waals surface area contributed by atoms with Crippen LogP contribution in [-0.2, 0) is 4.79 Å². The van der Waals surface area contributed by atoms with Crippen LogP contribution in [0.3, 0.4) is 0 Å². The average Bonchev–Trinajstić information content (AvgIpc) is 2.70. The van der Waals surface area contributed by atoms with Crippen LogP contribution in [0, 0.1) is 3.57 Å². The highest BCUT2D eigenvalue weighted by atomic mass is 127. The summed E-state index contributed by atoms with van der Waals surface area (Å²) in [5.74, 6) is 1.49. The van der Waals surface area contributed by atoms with Crippen LogP contribution < -0.4 is 14.8 Å². The molecule has 1 N–H and O–H groups in total. The molecule has 28 heavy (non-hydrogen) atoms. The summed E-state index contributed by atoms with van der Waals surface area (Å²) in [6.07, 6.45) is 2.75. The molecule has 1 atom stereocenters. The zero-order valence-electron chi connectivity index (χ0n) is 16.0. The fourth-order valence-electron chi connectivity index (χ4n) is 3.99. The number of carbonyl (C=O) groups is 1. The number of fused-ring (bicyclic) bond motifs is 1. The summed E-state index contributed by atoms with van der Waals surface area (Å²) in [5.41, 5.74) is 0.852. The fourth-order valence-corrected chi connectivity index (χ4v) is 4.35. The minimum atomic E-state index is -0.199. The molecule has 2 aromatic carbocycles. The van der Waals surface area contributed by atoms with E-state index in [0.717, 1.165) is 47.2 Å². The lowest BCUT2D eigenvalue weighted by molar-refractivity contribution is -0.124.